The van der Waals surface area contributed by atoms with E-state index in [1.165, 1.54) is 44.9 Å². The van der Waals surface area contributed by atoms with E-state index in [4.69, 9.17) is 4.74 Å². The monoisotopic (exact) mass is 253 g/mol. The van der Waals surface area contributed by atoms with Crippen LogP contribution in [0.4, 0.5) is 0 Å². The van der Waals surface area contributed by atoms with E-state index in [1.807, 2.05) is 0 Å². The zero-order chi connectivity index (χ0) is 13.0. The van der Waals surface area contributed by atoms with E-state index >= 15 is 0 Å². The van der Waals surface area contributed by atoms with Crippen molar-refractivity contribution in [1.82, 2.24) is 5.32 Å². The number of hydrogen-bond donors (Lipinski definition) is 1. The molecule has 2 rings (SSSR count). The molecule has 1 N–H and O–H groups in total. The lowest BCUT2D eigenvalue weighted by molar-refractivity contribution is -0.113. The summed E-state index contributed by atoms with van der Waals surface area (Å²) in [6, 6.07) is 0.798. The van der Waals surface area contributed by atoms with Gasteiger partial charge in [0.15, 0.2) is 0 Å². The molecule has 106 valence electrons. The summed E-state index contributed by atoms with van der Waals surface area (Å²) < 4.78 is 6.44. The highest BCUT2D eigenvalue weighted by Gasteiger charge is 2.38. The van der Waals surface area contributed by atoms with Crippen molar-refractivity contribution in [2.24, 2.45) is 5.92 Å². The number of ether oxygens (including phenoxy) is 1. The molecule has 2 aliphatic carbocycles. The highest BCUT2D eigenvalue weighted by atomic mass is 16.5. The Bertz CT molecular complexity index is 241. The lowest BCUT2D eigenvalue weighted by Gasteiger charge is -2.42. The van der Waals surface area contributed by atoms with Crippen LogP contribution in [-0.2, 0) is 4.74 Å². The predicted octanol–water partition coefficient (Wildman–Crippen LogP) is 3.89. The molecule has 2 nitrogen and oxygen atoms in total. The van der Waals surface area contributed by atoms with E-state index < -0.39 is 0 Å². The fourth-order valence-corrected chi connectivity index (χ4v) is 3.08. The van der Waals surface area contributed by atoms with Crippen molar-refractivity contribution in [1.29, 1.82) is 0 Å². The Morgan fingerprint density at radius 1 is 1.17 bits per heavy atom. The van der Waals surface area contributed by atoms with E-state index in [-0.39, 0.29) is 5.60 Å². The van der Waals surface area contributed by atoms with Crippen LogP contribution in [0.2, 0.25) is 0 Å². The predicted molar refractivity (Wildman–Crippen MR) is 76.8 cm³/mol. The van der Waals surface area contributed by atoms with Gasteiger partial charge in [0.25, 0.3) is 0 Å². The average Bonchev–Trinajstić information content (AvgIpc) is 3.21. The van der Waals surface area contributed by atoms with Crippen LogP contribution in [0.5, 0.6) is 0 Å². The molecule has 0 saturated heterocycles. The fourth-order valence-electron chi connectivity index (χ4n) is 3.08. The molecule has 0 bridgehead atoms. The van der Waals surface area contributed by atoms with Crippen LogP contribution in [0.15, 0.2) is 0 Å². The highest BCUT2D eigenvalue weighted by molar-refractivity contribution is 4.93. The minimum Gasteiger partial charge on any atom is -0.371 e. The Morgan fingerprint density at radius 2 is 1.83 bits per heavy atom. The fraction of sp³-hybridized carbons (Fsp3) is 1.00. The van der Waals surface area contributed by atoms with Gasteiger partial charge in [-0.05, 0) is 57.8 Å². The second-order valence-electron chi connectivity index (χ2n) is 6.53. The summed E-state index contributed by atoms with van der Waals surface area (Å²) in [6.45, 7) is 7.86. The second kappa shape index (κ2) is 6.38. The van der Waals surface area contributed by atoms with Gasteiger partial charge in [0.1, 0.15) is 0 Å². The lowest BCUT2D eigenvalue weighted by atomic mass is 9.77. The van der Waals surface area contributed by atoms with Gasteiger partial charge < -0.3 is 10.1 Å². The number of rotatable bonds is 7. The maximum absolute atomic E-state index is 6.44. The van der Waals surface area contributed by atoms with Gasteiger partial charge in [0.2, 0.25) is 0 Å². The third kappa shape index (κ3) is 3.96. The Hall–Kier alpha value is -0.0800. The Labute approximate surface area is 113 Å². The maximum Gasteiger partial charge on any atom is 0.0810 e. The summed E-state index contributed by atoms with van der Waals surface area (Å²) >= 11 is 0. The topological polar surface area (TPSA) is 21.3 Å². The number of hydrogen-bond acceptors (Lipinski definition) is 2. The average molecular weight is 253 g/mol. The van der Waals surface area contributed by atoms with Gasteiger partial charge >= 0.3 is 0 Å². The SMILES string of the molecule is CCC1CCC(CNC2CC2)(OC(C)CC)CC1. The maximum atomic E-state index is 6.44. The summed E-state index contributed by atoms with van der Waals surface area (Å²) in [5.41, 5.74) is 0.143. The standard InChI is InChI=1S/C16H31NO/c1-4-13(3)18-16(12-17-15-6-7-15)10-8-14(5-2)9-11-16/h13-15,17H,4-12H2,1-3H3. The smallest absolute Gasteiger partial charge is 0.0810 e. The van der Waals surface area contributed by atoms with E-state index in [0.717, 1.165) is 24.9 Å². The summed E-state index contributed by atoms with van der Waals surface area (Å²) in [4.78, 5) is 0. The van der Waals surface area contributed by atoms with Crippen molar-refractivity contribution in [2.45, 2.75) is 89.9 Å². The van der Waals surface area contributed by atoms with Crippen molar-refractivity contribution < 1.29 is 4.74 Å². The quantitative estimate of drug-likeness (QED) is 0.743. The largest absolute Gasteiger partial charge is 0.371 e. The third-order valence-electron chi connectivity index (χ3n) is 4.91. The molecule has 0 amide bonds. The van der Waals surface area contributed by atoms with Gasteiger partial charge in [-0.1, -0.05) is 20.3 Å². The Balaban J connectivity index is 1.88. The Morgan fingerprint density at radius 3 is 2.33 bits per heavy atom. The van der Waals surface area contributed by atoms with Crippen molar-refractivity contribution in [2.75, 3.05) is 6.54 Å². The molecule has 0 aromatic carbocycles. The van der Waals surface area contributed by atoms with Crippen molar-refractivity contribution in [3.63, 3.8) is 0 Å². The molecule has 1 unspecified atom stereocenters. The lowest BCUT2D eigenvalue weighted by Crippen LogP contribution is -2.48. The van der Waals surface area contributed by atoms with Crippen molar-refractivity contribution >= 4 is 0 Å². The second-order valence-corrected chi connectivity index (χ2v) is 6.53. The van der Waals surface area contributed by atoms with Crippen LogP contribution in [-0.4, -0.2) is 24.3 Å². The zero-order valence-electron chi connectivity index (χ0n) is 12.5. The van der Waals surface area contributed by atoms with E-state index in [1.54, 1.807) is 0 Å². The molecular weight excluding hydrogens is 222 g/mol. The normalized spacial score (nSPS) is 34.5. The molecule has 2 heteroatoms. The molecule has 0 aliphatic heterocycles. The zero-order valence-corrected chi connectivity index (χ0v) is 12.5. The van der Waals surface area contributed by atoms with Gasteiger partial charge in [-0.25, -0.2) is 0 Å². The van der Waals surface area contributed by atoms with Gasteiger partial charge in [0, 0.05) is 12.6 Å². The molecule has 2 fully saturated rings. The van der Waals surface area contributed by atoms with Crippen LogP contribution in [0.1, 0.15) is 72.1 Å². The molecular formula is C16H31NO. The van der Waals surface area contributed by atoms with Gasteiger partial charge in [-0.3, -0.25) is 0 Å². The molecule has 18 heavy (non-hydrogen) atoms. The first-order valence-electron chi connectivity index (χ1n) is 8.08. The van der Waals surface area contributed by atoms with Crippen molar-refractivity contribution in [3.05, 3.63) is 0 Å². The molecule has 2 saturated carbocycles. The molecule has 0 radical (unpaired) electrons. The first kappa shape index (κ1) is 14.3. The van der Waals surface area contributed by atoms with E-state index in [0.29, 0.717) is 6.10 Å². The van der Waals surface area contributed by atoms with Crippen LogP contribution in [0.3, 0.4) is 0 Å². The minimum absolute atomic E-state index is 0.143. The molecule has 0 aromatic heterocycles. The molecule has 0 aromatic rings. The van der Waals surface area contributed by atoms with Crippen molar-refractivity contribution in [3.8, 4) is 0 Å². The summed E-state index contributed by atoms with van der Waals surface area (Å²) in [6.07, 6.45) is 10.9. The number of nitrogens with one attached hydrogen (secondary N) is 1. The first-order valence-corrected chi connectivity index (χ1v) is 8.08. The molecule has 0 heterocycles. The van der Waals surface area contributed by atoms with Crippen LogP contribution < -0.4 is 5.32 Å². The van der Waals surface area contributed by atoms with Crippen LogP contribution in [0.25, 0.3) is 0 Å². The first-order chi connectivity index (χ1) is 8.67. The minimum atomic E-state index is 0.143. The van der Waals surface area contributed by atoms with Gasteiger partial charge in [-0.15, -0.1) is 0 Å². The van der Waals surface area contributed by atoms with E-state index in [9.17, 15) is 0 Å². The van der Waals surface area contributed by atoms with Crippen LogP contribution >= 0.6 is 0 Å². The van der Waals surface area contributed by atoms with Gasteiger partial charge in [-0.2, -0.15) is 0 Å². The Kier molecular flexibility index (Phi) is 5.08. The highest BCUT2D eigenvalue weighted by Crippen LogP contribution is 2.37. The summed E-state index contributed by atoms with van der Waals surface area (Å²) in [7, 11) is 0. The van der Waals surface area contributed by atoms with Crippen LogP contribution in [0, 0.1) is 5.92 Å². The molecule has 2 aliphatic rings. The molecule has 1 atom stereocenters. The summed E-state index contributed by atoms with van der Waals surface area (Å²) in [5, 5.41) is 3.70. The third-order valence-corrected chi connectivity index (χ3v) is 4.91. The van der Waals surface area contributed by atoms with Gasteiger partial charge in [0.05, 0.1) is 11.7 Å². The molecule has 0 spiro atoms. The summed E-state index contributed by atoms with van der Waals surface area (Å²) in [5.74, 6) is 0.944. The van der Waals surface area contributed by atoms with E-state index in [2.05, 4.69) is 26.1 Å².